The molecule has 0 radical (unpaired) electrons. The summed E-state index contributed by atoms with van der Waals surface area (Å²) in [5, 5.41) is 6.21. The first kappa shape index (κ1) is 20.1. The molecular formula is C22H27N3O2S. The molecule has 0 atom stereocenters. The fourth-order valence-corrected chi connectivity index (χ4v) is 3.31. The van der Waals surface area contributed by atoms with Crippen LogP contribution >= 0.6 is 12.2 Å². The Kier molecular flexibility index (Phi) is 6.87. The second-order valence-corrected chi connectivity index (χ2v) is 7.76. The lowest BCUT2D eigenvalue weighted by atomic mass is 10.2. The van der Waals surface area contributed by atoms with Crippen molar-refractivity contribution in [1.82, 2.24) is 5.32 Å². The third-order valence-electron chi connectivity index (χ3n) is 4.53. The summed E-state index contributed by atoms with van der Waals surface area (Å²) < 4.78 is 5.65. The van der Waals surface area contributed by atoms with Crippen molar-refractivity contribution in [2.24, 2.45) is 5.92 Å². The van der Waals surface area contributed by atoms with E-state index in [2.05, 4.69) is 35.4 Å². The molecule has 0 saturated carbocycles. The van der Waals surface area contributed by atoms with Crippen molar-refractivity contribution >= 4 is 34.6 Å². The smallest absolute Gasteiger partial charge is 0.257 e. The molecule has 1 fully saturated rings. The molecule has 1 heterocycles. The minimum Gasteiger partial charge on any atom is -0.493 e. The van der Waals surface area contributed by atoms with Crippen LogP contribution < -0.4 is 20.3 Å². The number of anilines is 2. The lowest BCUT2D eigenvalue weighted by molar-refractivity contribution is 0.0977. The van der Waals surface area contributed by atoms with E-state index in [0.717, 1.165) is 30.2 Å². The van der Waals surface area contributed by atoms with E-state index in [-0.39, 0.29) is 11.0 Å². The van der Waals surface area contributed by atoms with Gasteiger partial charge in [0.1, 0.15) is 5.75 Å². The number of nitrogens with zero attached hydrogens (tertiary/aromatic N) is 1. The Balaban J connectivity index is 1.58. The minimum atomic E-state index is -0.244. The molecule has 2 N–H and O–H groups in total. The van der Waals surface area contributed by atoms with Crippen molar-refractivity contribution in [3.05, 3.63) is 54.1 Å². The van der Waals surface area contributed by atoms with Crippen molar-refractivity contribution < 1.29 is 9.53 Å². The third-order valence-corrected chi connectivity index (χ3v) is 4.73. The van der Waals surface area contributed by atoms with Gasteiger partial charge in [-0.05, 0) is 67.4 Å². The normalized spacial score (nSPS) is 13.5. The van der Waals surface area contributed by atoms with Crippen LogP contribution in [0.25, 0.3) is 0 Å². The molecule has 0 spiro atoms. The number of benzene rings is 2. The van der Waals surface area contributed by atoms with E-state index >= 15 is 0 Å². The zero-order chi connectivity index (χ0) is 19.9. The Bertz CT molecular complexity index is 815. The zero-order valence-corrected chi connectivity index (χ0v) is 17.2. The number of rotatable bonds is 6. The van der Waals surface area contributed by atoms with E-state index in [1.165, 1.54) is 12.8 Å². The van der Waals surface area contributed by atoms with Crippen molar-refractivity contribution in [3.8, 4) is 5.75 Å². The predicted octanol–water partition coefficient (Wildman–Crippen LogP) is 4.45. The summed E-state index contributed by atoms with van der Waals surface area (Å²) in [6, 6.07) is 15.1. The number of carbonyl (C=O) groups is 1. The molecule has 148 valence electrons. The van der Waals surface area contributed by atoms with Gasteiger partial charge in [-0.1, -0.05) is 26.0 Å². The Morgan fingerprint density at radius 1 is 1.11 bits per heavy atom. The number of para-hydroxylation sites is 2. The van der Waals surface area contributed by atoms with Crippen LogP contribution in [-0.4, -0.2) is 30.7 Å². The zero-order valence-electron chi connectivity index (χ0n) is 16.4. The van der Waals surface area contributed by atoms with Gasteiger partial charge in [0.05, 0.1) is 18.0 Å². The molecule has 1 saturated heterocycles. The summed E-state index contributed by atoms with van der Waals surface area (Å²) in [5.74, 6) is 0.965. The fraction of sp³-hybridized carbons (Fsp3) is 0.364. The number of carbonyl (C=O) groups excluding carboxylic acids is 1. The number of hydrogen-bond acceptors (Lipinski definition) is 4. The molecule has 3 rings (SSSR count). The molecule has 0 unspecified atom stereocenters. The first-order valence-electron chi connectivity index (χ1n) is 9.72. The van der Waals surface area contributed by atoms with Crippen molar-refractivity contribution in [1.29, 1.82) is 0 Å². The topological polar surface area (TPSA) is 53.6 Å². The molecule has 1 aliphatic rings. The summed E-state index contributed by atoms with van der Waals surface area (Å²) in [5.41, 5.74) is 2.56. The summed E-state index contributed by atoms with van der Waals surface area (Å²) in [7, 11) is 0. The van der Waals surface area contributed by atoms with Crippen LogP contribution in [0.2, 0.25) is 0 Å². The van der Waals surface area contributed by atoms with E-state index in [0.29, 0.717) is 18.1 Å². The van der Waals surface area contributed by atoms with Gasteiger partial charge < -0.3 is 15.0 Å². The van der Waals surface area contributed by atoms with Gasteiger partial charge in [0.15, 0.2) is 5.11 Å². The summed E-state index contributed by atoms with van der Waals surface area (Å²) >= 11 is 5.36. The molecule has 0 aliphatic carbocycles. The largest absolute Gasteiger partial charge is 0.493 e. The van der Waals surface area contributed by atoms with Gasteiger partial charge in [0.25, 0.3) is 5.91 Å². The number of amides is 1. The van der Waals surface area contributed by atoms with Gasteiger partial charge in [0, 0.05) is 18.7 Å². The number of hydrogen-bond donors (Lipinski definition) is 2. The standard InChI is InChI=1S/C22H27N3O2S/c1-16(2)15-27-18-11-9-17(10-12-18)21(26)24-22(28)23-19-7-3-4-8-20(19)25-13-5-6-14-25/h3-4,7-12,16H,5-6,13-15H2,1-2H3,(H2,23,24,26,28). The van der Waals surface area contributed by atoms with E-state index in [4.69, 9.17) is 17.0 Å². The monoisotopic (exact) mass is 397 g/mol. The maximum Gasteiger partial charge on any atom is 0.257 e. The molecular weight excluding hydrogens is 370 g/mol. The minimum absolute atomic E-state index is 0.244. The number of thiocarbonyl (C=S) groups is 1. The van der Waals surface area contributed by atoms with Crippen LogP contribution in [0.3, 0.4) is 0 Å². The second-order valence-electron chi connectivity index (χ2n) is 7.35. The van der Waals surface area contributed by atoms with Crippen molar-refractivity contribution in [2.75, 3.05) is 29.9 Å². The van der Waals surface area contributed by atoms with Crippen LogP contribution in [0.1, 0.15) is 37.0 Å². The molecule has 1 aliphatic heterocycles. The lowest BCUT2D eigenvalue weighted by Crippen LogP contribution is -2.34. The van der Waals surface area contributed by atoms with Gasteiger partial charge in [-0.15, -0.1) is 0 Å². The van der Waals surface area contributed by atoms with Crippen LogP contribution in [0.4, 0.5) is 11.4 Å². The molecule has 2 aromatic rings. The van der Waals surface area contributed by atoms with Crippen LogP contribution in [0.5, 0.6) is 5.75 Å². The highest BCUT2D eigenvalue weighted by molar-refractivity contribution is 7.80. The van der Waals surface area contributed by atoms with E-state index in [1.54, 1.807) is 24.3 Å². The molecule has 5 nitrogen and oxygen atoms in total. The molecule has 2 aromatic carbocycles. The average Bonchev–Trinajstić information content (AvgIpc) is 3.21. The molecule has 0 bridgehead atoms. The Hall–Kier alpha value is -2.60. The SMILES string of the molecule is CC(C)COc1ccc(C(=O)NC(=S)Nc2ccccc2N2CCCC2)cc1. The first-order valence-corrected chi connectivity index (χ1v) is 10.1. The van der Waals surface area contributed by atoms with Gasteiger partial charge in [-0.3, -0.25) is 10.1 Å². The van der Waals surface area contributed by atoms with Crippen molar-refractivity contribution in [3.63, 3.8) is 0 Å². The first-order chi connectivity index (χ1) is 13.5. The summed E-state index contributed by atoms with van der Waals surface area (Å²) in [6.45, 7) is 6.93. The maximum absolute atomic E-state index is 12.5. The Labute approximate surface area is 172 Å². The maximum atomic E-state index is 12.5. The van der Waals surface area contributed by atoms with Gasteiger partial charge in [-0.2, -0.15) is 0 Å². The lowest BCUT2D eigenvalue weighted by Gasteiger charge is -2.22. The van der Waals surface area contributed by atoms with E-state index in [1.807, 2.05) is 18.2 Å². The van der Waals surface area contributed by atoms with Crippen LogP contribution in [0, 0.1) is 5.92 Å². The van der Waals surface area contributed by atoms with E-state index in [9.17, 15) is 4.79 Å². The molecule has 28 heavy (non-hydrogen) atoms. The van der Waals surface area contributed by atoms with Gasteiger partial charge in [0.2, 0.25) is 0 Å². The highest BCUT2D eigenvalue weighted by Crippen LogP contribution is 2.28. The Morgan fingerprint density at radius 2 is 1.79 bits per heavy atom. The van der Waals surface area contributed by atoms with Gasteiger partial charge in [-0.25, -0.2) is 0 Å². The average molecular weight is 398 g/mol. The quantitative estimate of drug-likeness (QED) is 0.706. The van der Waals surface area contributed by atoms with Crippen molar-refractivity contribution in [2.45, 2.75) is 26.7 Å². The van der Waals surface area contributed by atoms with Gasteiger partial charge >= 0.3 is 0 Å². The highest BCUT2D eigenvalue weighted by Gasteiger charge is 2.16. The summed E-state index contributed by atoms with van der Waals surface area (Å²) in [6.07, 6.45) is 2.40. The highest BCUT2D eigenvalue weighted by atomic mass is 32.1. The second kappa shape index (κ2) is 9.55. The molecule has 1 amide bonds. The predicted molar refractivity (Wildman–Crippen MR) is 118 cm³/mol. The molecule has 0 aromatic heterocycles. The van der Waals surface area contributed by atoms with Crippen LogP contribution in [0.15, 0.2) is 48.5 Å². The summed E-state index contributed by atoms with van der Waals surface area (Å²) in [4.78, 5) is 14.8. The third kappa shape index (κ3) is 5.45. The van der Waals surface area contributed by atoms with E-state index < -0.39 is 0 Å². The number of ether oxygens (including phenoxy) is 1. The molecule has 6 heteroatoms. The fourth-order valence-electron chi connectivity index (χ4n) is 3.11. The number of nitrogens with one attached hydrogen (secondary N) is 2. The Morgan fingerprint density at radius 3 is 2.46 bits per heavy atom. The van der Waals surface area contributed by atoms with Crippen LogP contribution in [-0.2, 0) is 0 Å².